The van der Waals surface area contributed by atoms with Crippen molar-refractivity contribution in [1.82, 2.24) is 10.3 Å². The Morgan fingerprint density at radius 1 is 1.92 bits per heavy atom. The van der Waals surface area contributed by atoms with Gasteiger partial charge in [-0.15, -0.1) is 11.3 Å². The molecule has 0 aliphatic carbocycles. The van der Waals surface area contributed by atoms with Crippen LogP contribution in [0.3, 0.4) is 0 Å². The van der Waals surface area contributed by atoms with Crippen molar-refractivity contribution in [1.29, 1.82) is 0 Å². The molecule has 4 nitrogen and oxygen atoms in total. The number of halogens is 1. The van der Waals surface area contributed by atoms with E-state index in [1.807, 2.05) is 6.92 Å². The topological polar surface area (TPSA) is 68.0 Å². The standard InChI is InChI=1S/C7H10ClN3OS/c1-4(2-9)11-7(12)5-6(8)10-3-13-5/h3-4H,2,9H2,1H3,(H,11,12)/t4-/m1/s1. The summed E-state index contributed by atoms with van der Waals surface area (Å²) in [6.07, 6.45) is 0. The van der Waals surface area contributed by atoms with Crippen LogP contribution >= 0.6 is 22.9 Å². The van der Waals surface area contributed by atoms with E-state index >= 15 is 0 Å². The Bertz CT molecular complexity index is 302. The second-order valence-corrected chi connectivity index (χ2v) is 3.80. The molecule has 0 spiro atoms. The molecule has 13 heavy (non-hydrogen) atoms. The van der Waals surface area contributed by atoms with Gasteiger partial charge in [-0.2, -0.15) is 0 Å². The predicted molar refractivity (Wildman–Crippen MR) is 53.1 cm³/mol. The van der Waals surface area contributed by atoms with Gasteiger partial charge in [-0.1, -0.05) is 11.6 Å². The molecule has 6 heteroatoms. The average Bonchev–Trinajstić information content (AvgIpc) is 2.51. The van der Waals surface area contributed by atoms with Crippen LogP contribution in [-0.4, -0.2) is 23.5 Å². The summed E-state index contributed by atoms with van der Waals surface area (Å²) < 4.78 is 0. The molecule has 1 atom stereocenters. The zero-order valence-corrected chi connectivity index (χ0v) is 8.65. The van der Waals surface area contributed by atoms with E-state index in [0.29, 0.717) is 11.4 Å². The summed E-state index contributed by atoms with van der Waals surface area (Å²) in [7, 11) is 0. The van der Waals surface area contributed by atoms with Gasteiger partial charge in [0.05, 0.1) is 5.51 Å². The van der Waals surface area contributed by atoms with Gasteiger partial charge in [-0.05, 0) is 6.92 Å². The highest BCUT2D eigenvalue weighted by molar-refractivity contribution is 7.12. The van der Waals surface area contributed by atoms with Gasteiger partial charge >= 0.3 is 0 Å². The molecule has 72 valence electrons. The van der Waals surface area contributed by atoms with Crippen LogP contribution in [-0.2, 0) is 0 Å². The predicted octanol–water partition coefficient (Wildman–Crippen LogP) is 0.873. The van der Waals surface area contributed by atoms with Crippen LogP contribution in [0.5, 0.6) is 0 Å². The Labute approximate surface area is 85.1 Å². The second-order valence-electron chi connectivity index (χ2n) is 2.58. The van der Waals surface area contributed by atoms with Crippen LogP contribution in [0.15, 0.2) is 5.51 Å². The zero-order valence-electron chi connectivity index (χ0n) is 7.08. The summed E-state index contributed by atoms with van der Waals surface area (Å²) in [5.41, 5.74) is 6.88. The van der Waals surface area contributed by atoms with E-state index in [1.54, 1.807) is 0 Å². The fraction of sp³-hybridized carbons (Fsp3) is 0.429. The van der Waals surface area contributed by atoms with E-state index < -0.39 is 0 Å². The first-order valence-corrected chi connectivity index (χ1v) is 5.00. The van der Waals surface area contributed by atoms with Crippen molar-refractivity contribution in [3.63, 3.8) is 0 Å². The van der Waals surface area contributed by atoms with E-state index in [4.69, 9.17) is 17.3 Å². The van der Waals surface area contributed by atoms with E-state index in [9.17, 15) is 4.79 Å². The molecule has 0 aromatic carbocycles. The van der Waals surface area contributed by atoms with E-state index in [0.717, 1.165) is 0 Å². The summed E-state index contributed by atoms with van der Waals surface area (Å²) >= 11 is 6.88. The largest absolute Gasteiger partial charge is 0.348 e. The van der Waals surface area contributed by atoms with Gasteiger partial charge in [0, 0.05) is 12.6 Å². The Hall–Kier alpha value is -0.650. The molecule has 1 heterocycles. The normalized spacial score (nSPS) is 12.5. The Kier molecular flexibility index (Phi) is 3.65. The minimum atomic E-state index is -0.217. The molecule has 0 bridgehead atoms. The first-order valence-electron chi connectivity index (χ1n) is 3.75. The first-order chi connectivity index (χ1) is 6.15. The number of nitrogens with two attached hydrogens (primary N) is 1. The van der Waals surface area contributed by atoms with E-state index in [-0.39, 0.29) is 17.1 Å². The SMILES string of the molecule is C[C@H](CN)NC(=O)c1scnc1Cl. The summed E-state index contributed by atoms with van der Waals surface area (Å²) in [5.74, 6) is -0.217. The highest BCUT2D eigenvalue weighted by atomic mass is 35.5. The van der Waals surface area contributed by atoms with Crippen molar-refractivity contribution in [2.45, 2.75) is 13.0 Å². The van der Waals surface area contributed by atoms with Crippen LogP contribution in [0.1, 0.15) is 16.6 Å². The maximum atomic E-state index is 11.4. The number of nitrogens with one attached hydrogen (secondary N) is 1. The zero-order chi connectivity index (χ0) is 9.84. The van der Waals surface area contributed by atoms with Gasteiger partial charge in [0.1, 0.15) is 4.88 Å². The fourth-order valence-electron chi connectivity index (χ4n) is 0.728. The third-order valence-corrected chi connectivity index (χ3v) is 2.69. The number of aromatic nitrogens is 1. The molecule has 0 fully saturated rings. The quantitative estimate of drug-likeness (QED) is 0.793. The molecule has 0 aliphatic rings. The highest BCUT2D eigenvalue weighted by Crippen LogP contribution is 2.17. The fourth-order valence-corrected chi connectivity index (χ4v) is 1.63. The molecule has 0 radical (unpaired) electrons. The molecule has 1 rings (SSSR count). The molecule has 0 saturated heterocycles. The van der Waals surface area contributed by atoms with Crippen LogP contribution in [0.25, 0.3) is 0 Å². The van der Waals surface area contributed by atoms with Gasteiger partial charge in [0.15, 0.2) is 5.15 Å². The third kappa shape index (κ3) is 2.65. The van der Waals surface area contributed by atoms with E-state index in [1.165, 1.54) is 16.8 Å². The first kappa shape index (κ1) is 10.4. The lowest BCUT2D eigenvalue weighted by Gasteiger charge is -2.09. The molecule has 0 aliphatic heterocycles. The Morgan fingerprint density at radius 2 is 2.62 bits per heavy atom. The van der Waals surface area contributed by atoms with Gasteiger partial charge in [0.2, 0.25) is 0 Å². The summed E-state index contributed by atoms with van der Waals surface area (Å²) in [6, 6.07) is -0.0503. The molecule has 1 amide bonds. The highest BCUT2D eigenvalue weighted by Gasteiger charge is 2.14. The van der Waals surface area contributed by atoms with Crippen molar-refractivity contribution >= 4 is 28.8 Å². The Balaban J connectivity index is 2.64. The van der Waals surface area contributed by atoms with Crippen LogP contribution < -0.4 is 11.1 Å². The number of thiazole rings is 1. The van der Waals surface area contributed by atoms with Gasteiger partial charge < -0.3 is 11.1 Å². The van der Waals surface area contributed by atoms with E-state index in [2.05, 4.69) is 10.3 Å². The molecule has 0 unspecified atom stereocenters. The summed E-state index contributed by atoms with van der Waals surface area (Å²) in [6.45, 7) is 2.23. The molecular formula is C7H10ClN3OS. The number of nitrogens with zero attached hydrogens (tertiary/aromatic N) is 1. The van der Waals surface area contributed by atoms with Gasteiger partial charge in [0.25, 0.3) is 5.91 Å². The van der Waals surface area contributed by atoms with Crippen molar-refractivity contribution in [2.24, 2.45) is 5.73 Å². The van der Waals surface area contributed by atoms with Gasteiger partial charge in [-0.3, -0.25) is 4.79 Å². The number of hydrogen-bond acceptors (Lipinski definition) is 4. The number of rotatable bonds is 3. The van der Waals surface area contributed by atoms with Crippen LogP contribution in [0.4, 0.5) is 0 Å². The molecular weight excluding hydrogens is 210 g/mol. The van der Waals surface area contributed by atoms with Crippen molar-refractivity contribution in [3.05, 3.63) is 15.5 Å². The van der Waals surface area contributed by atoms with Crippen LogP contribution in [0, 0.1) is 0 Å². The maximum absolute atomic E-state index is 11.4. The lowest BCUT2D eigenvalue weighted by molar-refractivity contribution is 0.0945. The minimum Gasteiger partial charge on any atom is -0.348 e. The average molecular weight is 220 g/mol. The molecule has 0 saturated carbocycles. The van der Waals surface area contributed by atoms with Crippen molar-refractivity contribution in [3.8, 4) is 0 Å². The van der Waals surface area contributed by atoms with Gasteiger partial charge in [-0.25, -0.2) is 4.98 Å². The monoisotopic (exact) mass is 219 g/mol. The Morgan fingerprint density at radius 3 is 3.08 bits per heavy atom. The number of carbonyl (C=O) groups is 1. The van der Waals surface area contributed by atoms with Crippen LogP contribution in [0.2, 0.25) is 5.15 Å². The lowest BCUT2D eigenvalue weighted by Crippen LogP contribution is -2.37. The molecule has 1 aromatic rings. The molecule has 3 N–H and O–H groups in total. The van der Waals surface area contributed by atoms with Crippen molar-refractivity contribution in [2.75, 3.05) is 6.54 Å². The lowest BCUT2D eigenvalue weighted by atomic mass is 10.3. The summed E-state index contributed by atoms with van der Waals surface area (Å²) in [5, 5.41) is 2.94. The number of hydrogen-bond donors (Lipinski definition) is 2. The maximum Gasteiger partial charge on any atom is 0.264 e. The molecule has 1 aromatic heterocycles. The smallest absolute Gasteiger partial charge is 0.264 e. The van der Waals surface area contributed by atoms with Crippen molar-refractivity contribution < 1.29 is 4.79 Å². The number of amides is 1. The third-order valence-electron chi connectivity index (χ3n) is 1.46. The number of carbonyl (C=O) groups excluding carboxylic acids is 1. The summed E-state index contributed by atoms with van der Waals surface area (Å²) in [4.78, 5) is 15.6. The minimum absolute atomic E-state index is 0.0503. The second kappa shape index (κ2) is 4.55.